The van der Waals surface area contributed by atoms with E-state index in [0.717, 1.165) is 41.2 Å². The number of nitrogens with zero attached hydrogens (tertiary/aromatic N) is 3. The van der Waals surface area contributed by atoms with Gasteiger partial charge >= 0.3 is 5.97 Å². The van der Waals surface area contributed by atoms with E-state index in [2.05, 4.69) is 17.3 Å². The number of nitrogens with one attached hydrogen (secondary N) is 1. The first kappa shape index (κ1) is 18.8. The van der Waals surface area contributed by atoms with Crippen molar-refractivity contribution in [2.24, 2.45) is 7.05 Å². The fourth-order valence-electron chi connectivity index (χ4n) is 3.36. The molecular weight excluding hydrogens is 368 g/mol. The number of fused-ring (bicyclic) bond motifs is 1. The molecule has 0 saturated carbocycles. The third-order valence-electron chi connectivity index (χ3n) is 4.93. The Morgan fingerprint density at radius 2 is 2.15 bits per heavy atom. The predicted octanol–water partition coefficient (Wildman–Crippen LogP) is 3.20. The Hall–Kier alpha value is -1.93. The van der Waals surface area contributed by atoms with Crippen molar-refractivity contribution in [2.45, 2.75) is 39.7 Å². The van der Waals surface area contributed by atoms with E-state index >= 15 is 0 Å². The normalized spacial score (nSPS) is 12.8. The molecule has 0 spiro atoms. The number of ether oxygens (including phenoxy) is 1. The Morgan fingerprint density at radius 1 is 1.42 bits per heavy atom. The van der Waals surface area contributed by atoms with E-state index in [9.17, 15) is 4.79 Å². The zero-order chi connectivity index (χ0) is 19.0. The number of anilines is 1. The first-order chi connectivity index (χ1) is 12.3. The molecule has 1 N–H and O–H groups in total. The number of esters is 1. The third kappa shape index (κ3) is 3.35. The highest BCUT2D eigenvalue weighted by Gasteiger charge is 2.28. The molecule has 8 heteroatoms. The second-order valence-electron chi connectivity index (χ2n) is 6.61. The standard InChI is InChI=1S/C18H24N4O2S2/c1-10-13(11(2)22(4)20-10)9-21(3)18(25)19-16-15(17(23)24-5)12-7-6-8-14(12)26-16/h6-9H2,1-5H3,(H,19,25). The van der Waals surface area contributed by atoms with E-state index < -0.39 is 0 Å². The molecule has 0 radical (unpaired) electrons. The average molecular weight is 393 g/mol. The van der Waals surface area contributed by atoms with Gasteiger partial charge in [0.05, 0.1) is 18.4 Å². The number of rotatable bonds is 4. The summed E-state index contributed by atoms with van der Waals surface area (Å²) in [6.07, 6.45) is 3.03. The number of hydrogen-bond acceptors (Lipinski definition) is 5. The first-order valence-corrected chi connectivity index (χ1v) is 9.80. The molecule has 2 heterocycles. The number of carbonyl (C=O) groups is 1. The largest absolute Gasteiger partial charge is 0.465 e. The molecule has 0 atom stereocenters. The van der Waals surface area contributed by atoms with E-state index in [1.165, 1.54) is 17.6 Å². The van der Waals surface area contributed by atoms with Crippen LogP contribution >= 0.6 is 23.6 Å². The second-order valence-corrected chi connectivity index (χ2v) is 8.10. The zero-order valence-corrected chi connectivity index (χ0v) is 17.4. The van der Waals surface area contributed by atoms with Crippen molar-refractivity contribution in [3.8, 4) is 0 Å². The number of carbonyl (C=O) groups excluding carboxylic acids is 1. The van der Waals surface area contributed by atoms with Crippen molar-refractivity contribution < 1.29 is 9.53 Å². The number of hydrogen-bond donors (Lipinski definition) is 1. The van der Waals surface area contributed by atoms with Crippen LogP contribution in [0.15, 0.2) is 0 Å². The lowest BCUT2D eigenvalue weighted by molar-refractivity contribution is 0.0601. The lowest BCUT2D eigenvalue weighted by Crippen LogP contribution is -2.31. The quantitative estimate of drug-likeness (QED) is 0.637. The van der Waals surface area contributed by atoms with Gasteiger partial charge in [-0.3, -0.25) is 4.68 Å². The van der Waals surface area contributed by atoms with E-state index in [4.69, 9.17) is 17.0 Å². The molecule has 0 saturated heterocycles. The smallest absolute Gasteiger partial charge is 0.341 e. The second kappa shape index (κ2) is 7.36. The van der Waals surface area contributed by atoms with Crippen LogP contribution in [-0.2, 0) is 31.2 Å². The SMILES string of the molecule is COC(=O)c1c(NC(=S)N(C)Cc2c(C)nn(C)c2C)sc2c1CCC2. The molecule has 0 amide bonds. The van der Waals surface area contributed by atoms with Crippen LogP contribution in [0.5, 0.6) is 0 Å². The van der Waals surface area contributed by atoms with Crippen molar-refractivity contribution in [2.75, 3.05) is 19.5 Å². The summed E-state index contributed by atoms with van der Waals surface area (Å²) in [5.41, 5.74) is 5.07. The predicted molar refractivity (Wildman–Crippen MR) is 108 cm³/mol. The highest BCUT2D eigenvalue weighted by atomic mass is 32.1. The highest BCUT2D eigenvalue weighted by molar-refractivity contribution is 7.80. The van der Waals surface area contributed by atoms with Gasteiger partial charge < -0.3 is 15.0 Å². The molecule has 2 aromatic heterocycles. The molecule has 0 aliphatic heterocycles. The van der Waals surface area contributed by atoms with Crippen molar-refractivity contribution >= 4 is 39.6 Å². The van der Waals surface area contributed by atoms with Gasteiger partial charge in [0, 0.05) is 36.8 Å². The average Bonchev–Trinajstić information content (AvgIpc) is 3.24. The van der Waals surface area contributed by atoms with Crippen LogP contribution in [0.4, 0.5) is 5.00 Å². The lowest BCUT2D eigenvalue weighted by Gasteiger charge is -2.21. The number of aromatic nitrogens is 2. The van der Waals surface area contributed by atoms with Gasteiger partial charge in [0.1, 0.15) is 5.00 Å². The maximum atomic E-state index is 12.3. The zero-order valence-electron chi connectivity index (χ0n) is 15.8. The molecular formula is C18H24N4O2S2. The maximum absolute atomic E-state index is 12.3. The molecule has 0 bridgehead atoms. The van der Waals surface area contributed by atoms with Crippen molar-refractivity contribution in [1.82, 2.24) is 14.7 Å². The van der Waals surface area contributed by atoms with Gasteiger partial charge in [-0.25, -0.2) is 4.79 Å². The van der Waals surface area contributed by atoms with Gasteiger partial charge in [0.15, 0.2) is 5.11 Å². The van der Waals surface area contributed by atoms with E-state index in [1.54, 1.807) is 11.3 Å². The van der Waals surface area contributed by atoms with Crippen molar-refractivity contribution in [3.63, 3.8) is 0 Å². The molecule has 1 aliphatic carbocycles. The van der Waals surface area contributed by atoms with Gasteiger partial charge in [-0.05, 0) is 50.9 Å². The topological polar surface area (TPSA) is 59.4 Å². The van der Waals surface area contributed by atoms with Crippen LogP contribution in [0, 0.1) is 13.8 Å². The van der Waals surface area contributed by atoms with Gasteiger partial charge in [-0.15, -0.1) is 11.3 Å². The molecule has 26 heavy (non-hydrogen) atoms. The first-order valence-electron chi connectivity index (χ1n) is 8.57. The summed E-state index contributed by atoms with van der Waals surface area (Å²) in [6.45, 7) is 4.72. The molecule has 0 unspecified atom stereocenters. The molecule has 0 aromatic carbocycles. The molecule has 3 rings (SSSR count). The van der Waals surface area contributed by atoms with E-state index in [1.807, 2.05) is 30.6 Å². The summed E-state index contributed by atoms with van der Waals surface area (Å²) in [5.74, 6) is -0.295. The maximum Gasteiger partial charge on any atom is 0.341 e. The van der Waals surface area contributed by atoms with Crippen LogP contribution in [0.3, 0.4) is 0 Å². The summed E-state index contributed by atoms with van der Waals surface area (Å²) in [6, 6.07) is 0. The third-order valence-corrected chi connectivity index (χ3v) is 6.55. The van der Waals surface area contributed by atoms with Crippen LogP contribution in [0.1, 0.15) is 44.2 Å². The van der Waals surface area contributed by atoms with Gasteiger partial charge in [-0.1, -0.05) is 0 Å². The molecule has 1 aliphatic rings. The van der Waals surface area contributed by atoms with Crippen LogP contribution in [0.2, 0.25) is 0 Å². The summed E-state index contributed by atoms with van der Waals surface area (Å²) < 4.78 is 6.88. The molecule has 140 valence electrons. The Kier molecular flexibility index (Phi) is 5.34. The summed E-state index contributed by atoms with van der Waals surface area (Å²) in [7, 11) is 5.31. The summed E-state index contributed by atoms with van der Waals surface area (Å²) >= 11 is 7.19. The molecule has 2 aromatic rings. The van der Waals surface area contributed by atoms with Crippen LogP contribution in [-0.4, -0.2) is 39.9 Å². The number of thiophene rings is 1. The minimum atomic E-state index is -0.295. The summed E-state index contributed by atoms with van der Waals surface area (Å²) in [4.78, 5) is 15.5. The minimum absolute atomic E-state index is 0.295. The van der Waals surface area contributed by atoms with Crippen molar-refractivity contribution in [1.29, 1.82) is 0 Å². The number of methoxy groups -OCH3 is 1. The monoisotopic (exact) mass is 392 g/mol. The highest BCUT2D eigenvalue weighted by Crippen LogP contribution is 2.39. The molecule has 0 fully saturated rings. The Bertz CT molecular complexity index is 869. The fourth-order valence-corrected chi connectivity index (χ4v) is 4.87. The summed E-state index contributed by atoms with van der Waals surface area (Å²) in [5, 5.41) is 9.10. The lowest BCUT2D eigenvalue weighted by atomic mass is 10.1. The minimum Gasteiger partial charge on any atom is -0.465 e. The Morgan fingerprint density at radius 3 is 2.77 bits per heavy atom. The number of thiocarbonyl (C=S) groups is 1. The van der Waals surface area contributed by atoms with Crippen LogP contribution < -0.4 is 5.32 Å². The van der Waals surface area contributed by atoms with Crippen LogP contribution in [0.25, 0.3) is 0 Å². The fraction of sp³-hybridized carbons (Fsp3) is 0.500. The van der Waals surface area contributed by atoms with Gasteiger partial charge in [-0.2, -0.15) is 5.10 Å². The van der Waals surface area contributed by atoms with Gasteiger partial charge in [0.2, 0.25) is 0 Å². The Balaban J connectivity index is 1.79. The Labute approximate surface area is 163 Å². The van der Waals surface area contributed by atoms with E-state index in [-0.39, 0.29) is 5.97 Å². The van der Waals surface area contributed by atoms with Gasteiger partial charge in [0.25, 0.3) is 0 Å². The molecule has 6 nitrogen and oxygen atoms in total. The number of aryl methyl sites for hydroxylation is 3. The van der Waals surface area contributed by atoms with Crippen molar-refractivity contribution in [3.05, 3.63) is 33.0 Å². The van der Waals surface area contributed by atoms with E-state index in [0.29, 0.717) is 17.2 Å².